The molecule has 0 unspecified atom stereocenters. The van der Waals surface area contributed by atoms with Crippen molar-refractivity contribution in [3.05, 3.63) is 113 Å². The number of hydrogen-bond acceptors (Lipinski definition) is 2. The summed E-state index contributed by atoms with van der Waals surface area (Å²) in [6.45, 7) is 1.41. The number of hydrogen-bond donors (Lipinski definition) is 1. The van der Waals surface area contributed by atoms with Gasteiger partial charge in [0.1, 0.15) is 24.0 Å². The number of carboxylic acid groups (broad SMARTS) is 1. The standard InChI is InChI=1S/C28H19F5O3/c1-16-6-10-22(27(34)35)23(12-16)20-4-2-3-5-21(20)24-13-18(28(31,32)33)8-11-26(24)36-15-17-7-9-19(29)14-25(17)30/h2-14H,15H2,1H3,(H,34,35). The van der Waals surface area contributed by atoms with Gasteiger partial charge in [-0.25, -0.2) is 13.6 Å². The molecule has 0 aliphatic rings. The van der Waals surface area contributed by atoms with E-state index in [1.54, 1.807) is 43.3 Å². The summed E-state index contributed by atoms with van der Waals surface area (Å²) in [5.41, 5.74) is 0.875. The molecule has 0 saturated carbocycles. The highest BCUT2D eigenvalue weighted by Crippen LogP contribution is 2.42. The Hall–Kier alpha value is -4.20. The Bertz CT molecular complexity index is 1440. The number of halogens is 5. The normalized spacial score (nSPS) is 11.4. The van der Waals surface area contributed by atoms with Crippen molar-refractivity contribution in [3.63, 3.8) is 0 Å². The second kappa shape index (κ2) is 9.81. The maximum atomic E-state index is 14.1. The van der Waals surface area contributed by atoms with Crippen molar-refractivity contribution in [3.8, 4) is 28.0 Å². The van der Waals surface area contributed by atoms with E-state index in [-0.39, 0.29) is 29.0 Å². The van der Waals surface area contributed by atoms with Crippen LogP contribution >= 0.6 is 0 Å². The van der Waals surface area contributed by atoms with Gasteiger partial charge in [-0.3, -0.25) is 0 Å². The average molecular weight is 498 g/mol. The predicted molar refractivity (Wildman–Crippen MR) is 125 cm³/mol. The van der Waals surface area contributed by atoms with Gasteiger partial charge in [-0.15, -0.1) is 0 Å². The van der Waals surface area contributed by atoms with Gasteiger partial charge < -0.3 is 9.84 Å². The Balaban J connectivity index is 1.88. The molecule has 0 aromatic heterocycles. The van der Waals surface area contributed by atoms with Gasteiger partial charge >= 0.3 is 12.1 Å². The Labute approximate surface area is 203 Å². The van der Waals surface area contributed by atoms with Crippen molar-refractivity contribution in [2.75, 3.05) is 0 Å². The molecule has 0 amide bonds. The zero-order chi connectivity index (χ0) is 26.0. The first-order valence-corrected chi connectivity index (χ1v) is 10.8. The van der Waals surface area contributed by atoms with Gasteiger partial charge in [0.25, 0.3) is 0 Å². The van der Waals surface area contributed by atoms with E-state index in [9.17, 15) is 31.9 Å². The molecule has 0 spiro atoms. The quantitative estimate of drug-likeness (QED) is 0.275. The van der Waals surface area contributed by atoms with E-state index in [0.29, 0.717) is 22.8 Å². The zero-order valence-electron chi connectivity index (χ0n) is 18.9. The minimum Gasteiger partial charge on any atom is -0.488 e. The van der Waals surface area contributed by atoms with E-state index in [4.69, 9.17) is 4.74 Å². The van der Waals surface area contributed by atoms with E-state index in [0.717, 1.165) is 29.8 Å². The number of aromatic carboxylic acids is 1. The lowest BCUT2D eigenvalue weighted by Crippen LogP contribution is -2.07. The smallest absolute Gasteiger partial charge is 0.416 e. The molecular weight excluding hydrogens is 479 g/mol. The van der Waals surface area contributed by atoms with Gasteiger partial charge in [0.15, 0.2) is 0 Å². The minimum absolute atomic E-state index is 0.0161. The first kappa shape index (κ1) is 24.9. The summed E-state index contributed by atoms with van der Waals surface area (Å²) in [5, 5.41) is 9.70. The third kappa shape index (κ3) is 5.22. The fourth-order valence-corrected chi connectivity index (χ4v) is 3.86. The molecule has 0 radical (unpaired) electrons. The van der Waals surface area contributed by atoms with Gasteiger partial charge in [-0.1, -0.05) is 42.0 Å². The second-order valence-corrected chi connectivity index (χ2v) is 8.13. The molecule has 0 aliphatic carbocycles. The molecule has 0 heterocycles. The van der Waals surface area contributed by atoms with Crippen LogP contribution in [-0.4, -0.2) is 11.1 Å². The van der Waals surface area contributed by atoms with E-state index in [2.05, 4.69) is 0 Å². The highest BCUT2D eigenvalue weighted by Gasteiger charge is 2.32. The van der Waals surface area contributed by atoms with Crippen molar-refractivity contribution in [1.29, 1.82) is 0 Å². The number of ether oxygens (including phenoxy) is 1. The molecule has 4 aromatic rings. The van der Waals surface area contributed by atoms with Crippen LogP contribution in [0.2, 0.25) is 0 Å². The largest absolute Gasteiger partial charge is 0.488 e. The maximum Gasteiger partial charge on any atom is 0.416 e. The third-order valence-corrected chi connectivity index (χ3v) is 5.62. The van der Waals surface area contributed by atoms with Crippen LogP contribution in [0.15, 0.2) is 78.9 Å². The lowest BCUT2D eigenvalue weighted by molar-refractivity contribution is -0.137. The fourth-order valence-electron chi connectivity index (χ4n) is 3.86. The van der Waals surface area contributed by atoms with Crippen LogP contribution in [0.1, 0.15) is 27.0 Å². The summed E-state index contributed by atoms with van der Waals surface area (Å²) in [4.78, 5) is 11.9. The van der Waals surface area contributed by atoms with Gasteiger partial charge in [0.05, 0.1) is 11.1 Å². The molecule has 0 saturated heterocycles. The van der Waals surface area contributed by atoms with Gasteiger partial charge in [-0.05, 0) is 60.0 Å². The van der Waals surface area contributed by atoms with Crippen LogP contribution < -0.4 is 4.74 Å². The van der Waals surface area contributed by atoms with Crippen LogP contribution in [0, 0.1) is 18.6 Å². The average Bonchev–Trinajstić information content (AvgIpc) is 2.82. The molecular formula is C28H19F5O3. The van der Waals surface area contributed by atoms with Crippen molar-refractivity contribution >= 4 is 5.97 Å². The predicted octanol–water partition coefficient (Wildman–Crippen LogP) is 7.90. The minimum atomic E-state index is -4.65. The monoisotopic (exact) mass is 498 g/mol. The van der Waals surface area contributed by atoms with Crippen molar-refractivity contribution in [1.82, 2.24) is 0 Å². The van der Waals surface area contributed by atoms with Crippen LogP contribution in [0.3, 0.4) is 0 Å². The van der Waals surface area contributed by atoms with Crippen molar-refractivity contribution < 1.29 is 36.6 Å². The Morgan fingerprint density at radius 3 is 2.17 bits per heavy atom. The molecule has 0 atom stereocenters. The molecule has 4 aromatic carbocycles. The van der Waals surface area contributed by atoms with Crippen LogP contribution in [-0.2, 0) is 12.8 Å². The van der Waals surface area contributed by atoms with Crippen LogP contribution in [0.5, 0.6) is 5.75 Å². The van der Waals surface area contributed by atoms with Gasteiger partial charge in [0, 0.05) is 17.2 Å². The summed E-state index contributed by atoms with van der Waals surface area (Å²) in [5.74, 6) is -2.79. The first-order valence-electron chi connectivity index (χ1n) is 10.8. The number of benzene rings is 4. The number of carbonyl (C=O) groups is 1. The third-order valence-electron chi connectivity index (χ3n) is 5.62. The number of carboxylic acids is 1. The Morgan fingerprint density at radius 2 is 1.53 bits per heavy atom. The SMILES string of the molecule is Cc1ccc(C(=O)O)c(-c2ccccc2-c2cc(C(F)(F)F)ccc2OCc2ccc(F)cc2F)c1. The molecule has 0 aliphatic heterocycles. The lowest BCUT2D eigenvalue weighted by atomic mass is 9.90. The zero-order valence-corrected chi connectivity index (χ0v) is 18.9. The molecule has 3 nitrogen and oxygen atoms in total. The van der Waals surface area contributed by atoms with E-state index < -0.39 is 29.3 Å². The highest BCUT2D eigenvalue weighted by molar-refractivity contribution is 5.99. The second-order valence-electron chi connectivity index (χ2n) is 8.13. The highest BCUT2D eigenvalue weighted by atomic mass is 19.4. The number of aryl methyl sites for hydroxylation is 1. The van der Waals surface area contributed by atoms with E-state index in [1.807, 2.05) is 0 Å². The maximum absolute atomic E-state index is 14.1. The van der Waals surface area contributed by atoms with Gasteiger partial charge in [0.2, 0.25) is 0 Å². The van der Waals surface area contributed by atoms with E-state index >= 15 is 0 Å². The molecule has 0 bridgehead atoms. The summed E-state index contributed by atoms with van der Waals surface area (Å²) in [6, 6.07) is 16.9. The summed E-state index contributed by atoms with van der Waals surface area (Å²) < 4.78 is 73.9. The van der Waals surface area contributed by atoms with Crippen molar-refractivity contribution in [2.45, 2.75) is 19.7 Å². The molecule has 0 fully saturated rings. The van der Waals surface area contributed by atoms with Gasteiger partial charge in [-0.2, -0.15) is 13.2 Å². The summed E-state index contributed by atoms with van der Waals surface area (Å²) in [6.07, 6.45) is -4.65. The molecule has 184 valence electrons. The number of alkyl halides is 3. The summed E-state index contributed by atoms with van der Waals surface area (Å²) in [7, 11) is 0. The van der Waals surface area contributed by atoms with E-state index in [1.165, 1.54) is 12.1 Å². The summed E-state index contributed by atoms with van der Waals surface area (Å²) >= 11 is 0. The molecule has 1 N–H and O–H groups in total. The number of rotatable bonds is 6. The molecule has 8 heteroatoms. The first-order chi connectivity index (χ1) is 17.0. The molecule has 4 rings (SSSR count). The Kier molecular flexibility index (Phi) is 6.79. The van der Waals surface area contributed by atoms with Crippen LogP contribution in [0.4, 0.5) is 22.0 Å². The van der Waals surface area contributed by atoms with Crippen molar-refractivity contribution in [2.24, 2.45) is 0 Å². The fraction of sp³-hybridized carbons (Fsp3) is 0.107. The topological polar surface area (TPSA) is 46.5 Å². The lowest BCUT2D eigenvalue weighted by Gasteiger charge is -2.18. The van der Waals surface area contributed by atoms with Crippen LogP contribution in [0.25, 0.3) is 22.3 Å². The Morgan fingerprint density at radius 1 is 0.833 bits per heavy atom. The molecule has 36 heavy (non-hydrogen) atoms.